The van der Waals surface area contributed by atoms with Crippen LogP contribution in [0.3, 0.4) is 0 Å². The molecule has 1 rings (SSSR count). The van der Waals surface area contributed by atoms with Gasteiger partial charge in [-0.25, -0.2) is 4.79 Å². The van der Waals surface area contributed by atoms with E-state index < -0.39 is 5.76 Å². The van der Waals surface area contributed by atoms with Crippen molar-refractivity contribution < 1.29 is 4.52 Å². The average molecular weight is 167 g/mol. The molecule has 0 bridgehead atoms. The highest BCUT2D eigenvalue weighted by Gasteiger charge is 2.01. The number of aromatic nitrogens is 2. The van der Waals surface area contributed by atoms with Gasteiger partial charge in [0.25, 0.3) is 0 Å². The highest BCUT2D eigenvalue weighted by molar-refractivity contribution is 4.87. The molecule has 0 amide bonds. The van der Waals surface area contributed by atoms with Gasteiger partial charge in [-0.05, 0) is 20.3 Å². The number of hydrogen-bond acceptors (Lipinski definition) is 3. The van der Waals surface area contributed by atoms with Gasteiger partial charge in [-0.2, -0.15) is 0 Å². The van der Waals surface area contributed by atoms with Gasteiger partial charge >= 0.3 is 5.76 Å². The van der Waals surface area contributed by atoms with E-state index in [1.54, 1.807) is 6.92 Å². The van der Waals surface area contributed by atoms with Crippen molar-refractivity contribution in [2.75, 3.05) is 0 Å². The lowest BCUT2D eigenvalue weighted by Crippen LogP contribution is -2.14. The van der Waals surface area contributed by atoms with Crippen LogP contribution in [-0.2, 0) is 6.54 Å². The minimum absolute atomic E-state index is 0.416. The van der Waals surface area contributed by atoms with Crippen LogP contribution in [0.15, 0.2) is 21.5 Å². The first-order chi connectivity index (χ1) is 5.75. The van der Waals surface area contributed by atoms with Crippen molar-refractivity contribution >= 4 is 0 Å². The highest BCUT2D eigenvalue weighted by Crippen LogP contribution is 1.90. The average Bonchev–Trinajstić information content (AvgIpc) is 2.35. The fourth-order valence-corrected chi connectivity index (χ4v) is 0.840. The molecule has 1 radical (unpaired) electrons. The molecule has 0 aliphatic heterocycles. The lowest BCUT2D eigenvalue weighted by molar-refractivity contribution is 0.376. The Bertz CT molecular complexity index is 322. The number of hydrogen-bond donors (Lipinski definition) is 0. The lowest BCUT2D eigenvalue weighted by atomic mass is 10.4. The first kappa shape index (κ1) is 8.77. The third-order valence-corrected chi connectivity index (χ3v) is 1.49. The van der Waals surface area contributed by atoms with Crippen molar-refractivity contribution in [1.29, 1.82) is 0 Å². The fraction of sp³-hybridized carbons (Fsp3) is 0.375. The predicted octanol–water partition coefficient (Wildman–Crippen LogP) is 0.925. The lowest BCUT2D eigenvalue weighted by Gasteiger charge is -1.93. The molecule has 0 saturated heterocycles. The summed E-state index contributed by atoms with van der Waals surface area (Å²) in [7, 11) is 0. The van der Waals surface area contributed by atoms with Gasteiger partial charge < -0.3 is 0 Å². The minimum Gasteiger partial charge on any atom is -0.296 e. The Morgan fingerprint density at radius 2 is 2.42 bits per heavy atom. The predicted molar refractivity (Wildman–Crippen MR) is 44.6 cm³/mol. The Morgan fingerprint density at radius 1 is 1.67 bits per heavy atom. The summed E-state index contributed by atoms with van der Waals surface area (Å²) in [6, 6.07) is 0. The second-order valence-corrected chi connectivity index (χ2v) is 2.37. The number of nitrogens with zero attached hydrogens (tertiary/aromatic N) is 2. The summed E-state index contributed by atoms with van der Waals surface area (Å²) in [6.45, 7) is 5.86. The summed E-state index contributed by atoms with van der Waals surface area (Å²) in [4.78, 5) is 10.9. The van der Waals surface area contributed by atoms with Crippen LogP contribution in [-0.4, -0.2) is 9.72 Å². The Kier molecular flexibility index (Phi) is 2.85. The molecule has 12 heavy (non-hydrogen) atoms. The zero-order valence-electron chi connectivity index (χ0n) is 6.99. The number of allylic oxidation sites excluding steroid dienone is 2. The summed E-state index contributed by atoms with van der Waals surface area (Å²) in [5.41, 5.74) is 0. The second-order valence-electron chi connectivity index (χ2n) is 2.37. The van der Waals surface area contributed by atoms with Crippen LogP contribution in [0.1, 0.15) is 12.2 Å². The second kappa shape index (κ2) is 3.90. The fourth-order valence-electron chi connectivity index (χ4n) is 0.840. The molecule has 0 saturated carbocycles. The van der Waals surface area contributed by atoms with Gasteiger partial charge in [0.2, 0.25) is 0 Å². The maximum absolute atomic E-state index is 10.9. The Hall–Kier alpha value is -1.32. The molecule has 0 aliphatic rings. The molecule has 4 heteroatoms. The molecule has 1 aromatic rings. The van der Waals surface area contributed by atoms with Crippen molar-refractivity contribution in [3.05, 3.63) is 35.5 Å². The largest absolute Gasteiger partial charge is 0.441 e. The summed E-state index contributed by atoms with van der Waals surface area (Å²) in [5, 5.41) is 3.52. The van der Waals surface area contributed by atoms with Gasteiger partial charge in [0.05, 0.1) is 0 Å². The van der Waals surface area contributed by atoms with Crippen LogP contribution < -0.4 is 5.76 Å². The smallest absolute Gasteiger partial charge is 0.296 e. The molecule has 1 aromatic heterocycles. The van der Waals surface area contributed by atoms with Gasteiger partial charge in [0, 0.05) is 6.54 Å². The molecule has 0 unspecified atom stereocenters. The van der Waals surface area contributed by atoms with Crippen molar-refractivity contribution in [1.82, 2.24) is 9.72 Å². The Balaban J connectivity index is 2.74. The van der Waals surface area contributed by atoms with Crippen molar-refractivity contribution in [3.8, 4) is 0 Å². The van der Waals surface area contributed by atoms with E-state index >= 15 is 0 Å². The molecule has 0 fully saturated rings. The van der Waals surface area contributed by atoms with Gasteiger partial charge in [0.15, 0.2) is 5.82 Å². The molecule has 0 spiro atoms. The monoisotopic (exact) mass is 167 g/mol. The summed E-state index contributed by atoms with van der Waals surface area (Å²) < 4.78 is 5.88. The standard InChI is InChI=1S/C8H11N2O2/c1-3-4-5-6-10-7(2)9-12-8(10)11/h4-5H,1,3,6H2,2H3. The van der Waals surface area contributed by atoms with Crippen LogP contribution in [0.25, 0.3) is 0 Å². The molecular formula is C8H11N2O2. The minimum atomic E-state index is -0.416. The van der Waals surface area contributed by atoms with Gasteiger partial charge in [-0.1, -0.05) is 17.3 Å². The van der Waals surface area contributed by atoms with Crippen molar-refractivity contribution in [2.24, 2.45) is 0 Å². The summed E-state index contributed by atoms with van der Waals surface area (Å²) in [5.74, 6) is 0.176. The van der Waals surface area contributed by atoms with E-state index in [-0.39, 0.29) is 0 Å². The molecule has 1 heterocycles. The molecule has 65 valence electrons. The molecule has 0 atom stereocenters. The van der Waals surface area contributed by atoms with Crippen LogP contribution in [0.4, 0.5) is 0 Å². The first-order valence-corrected chi connectivity index (χ1v) is 3.73. The van der Waals surface area contributed by atoms with E-state index in [0.717, 1.165) is 6.42 Å². The SMILES string of the molecule is [CH2]CC=CCn1c(C)noc1=O. The first-order valence-electron chi connectivity index (χ1n) is 3.73. The van der Waals surface area contributed by atoms with Crippen LogP contribution >= 0.6 is 0 Å². The molecule has 0 aliphatic carbocycles. The molecule has 0 aromatic carbocycles. The molecular weight excluding hydrogens is 156 g/mol. The highest BCUT2D eigenvalue weighted by atomic mass is 16.5. The normalized spacial score (nSPS) is 11.2. The Morgan fingerprint density at radius 3 is 2.92 bits per heavy atom. The molecule has 4 nitrogen and oxygen atoms in total. The van der Waals surface area contributed by atoms with Crippen LogP contribution in [0.5, 0.6) is 0 Å². The van der Waals surface area contributed by atoms with Gasteiger partial charge in [-0.3, -0.25) is 9.09 Å². The van der Waals surface area contributed by atoms with Crippen LogP contribution in [0.2, 0.25) is 0 Å². The zero-order valence-corrected chi connectivity index (χ0v) is 6.99. The van der Waals surface area contributed by atoms with E-state index in [4.69, 9.17) is 0 Å². The van der Waals surface area contributed by atoms with E-state index in [1.165, 1.54) is 4.57 Å². The maximum atomic E-state index is 10.9. The quantitative estimate of drug-likeness (QED) is 0.629. The van der Waals surface area contributed by atoms with E-state index in [2.05, 4.69) is 16.6 Å². The van der Waals surface area contributed by atoms with E-state index in [9.17, 15) is 4.79 Å². The number of rotatable bonds is 3. The summed E-state index contributed by atoms with van der Waals surface area (Å²) in [6.07, 6.45) is 4.47. The van der Waals surface area contributed by atoms with Crippen molar-refractivity contribution in [2.45, 2.75) is 19.9 Å². The van der Waals surface area contributed by atoms with Crippen molar-refractivity contribution in [3.63, 3.8) is 0 Å². The maximum Gasteiger partial charge on any atom is 0.441 e. The van der Waals surface area contributed by atoms with E-state index in [0.29, 0.717) is 12.4 Å². The summed E-state index contributed by atoms with van der Waals surface area (Å²) >= 11 is 0. The Labute approximate surface area is 70.5 Å². The van der Waals surface area contributed by atoms with Gasteiger partial charge in [0.1, 0.15) is 0 Å². The third-order valence-electron chi connectivity index (χ3n) is 1.49. The molecule has 0 N–H and O–H groups in total. The topological polar surface area (TPSA) is 48.0 Å². The number of aryl methyl sites for hydroxylation is 1. The van der Waals surface area contributed by atoms with Gasteiger partial charge in [-0.15, -0.1) is 0 Å². The third kappa shape index (κ3) is 1.84. The van der Waals surface area contributed by atoms with Crippen LogP contribution in [0, 0.1) is 13.8 Å². The zero-order chi connectivity index (χ0) is 8.97. The van der Waals surface area contributed by atoms with E-state index in [1.807, 2.05) is 12.2 Å².